The molecule has 0 unspecified atom stereocenters. The monoisotopic (exact) mass is 309 g/mol. The van der Waals surface area contributed by atoms with Gasteiger partial charge in [0.2, 0.25) is 0 Å². The highest BCUT2D eigenvalue weighted by molar-refractivity contribution is 5.66. The predicted octanol–water partition coefficient (Wildman–Crippen LogP) is 3.13. The second-order valence-electron chi connectivity index (χ2n) is 5.22. The lowest BCUT2D eigenvalue weighted by atomic mass is 10.1. The van der Waals surface area contributed by atoms with E-state index in [1.54, 1.807) is 4.68 Å². The maximum Gasteiger partial charge on any atom is 0.145 e. The van der Waals surface area contributed by atoms with Crippen LogP contribution in [0.25, 0.3) is 16.9 Å². The van der Waals surface area contributed by atoms with Crippen molar-refractivity contribution < 1.29 is 9.84 Å². The van der Waals surface area contributed by atoms with Crippen LogP contribution in [0.2, 0.25) is 0 Å². The fourth-order valence-corrected chi connectivity index (χ4v) is 2.58. The molecule has 23 heavy (non-hydrogen) atoms. The topological polar surface area (TPSA) is 60.2 Å². The predicted molar refractivity (Wildman–Crippen MR) is 88.6 cm³/mol. The third-order valence-electron chi connectivity index (χ3n) is 3.57. The number of benzene rings is 2. The molecule has 0 saturated carbocycles. The molecule has 1 heterocycles. The van der Waals surface area contributed by atoms with Crippen LogP contribution in [0.1, 0.15) is 18.2 Å². The van der Waals surface area contributed by atoms with Gasteiger partial charge in [0, 0.05) is 5.56 Å². The number of ether oxygens (including phenoxy) is 1. The summed E-state index contributed by atoms with van der Waals surface area (Å²) in [6, 6.07) is 15.7. The zero-order chi connectivity index (χ0) is 16.2. The Balaban J connectivity index is 2.20. The molecule has 0 aliphatic heterocycles. The number of aromatic nitrogens is 3. The number of aryl methyl sites for hydroxylation is 1. The van der Waals surface area contributed by atoms with Gasteiger partial charge >= 0.3 is 0 Å². The van der Waals surface area contributed by atoms with Gasteiger partial charge in [-0.25, -0.2) is 4.68 Å². The van der Waals surface area contributed by atoms with Gasteiger partial charge < -0.3 is 9.84 Å². The second kappa shape index (κ2) is 6.62. The first-order chi connectivity index (χ1) is 11.2. The van der Waals surface area contributed by atoms with Crippen molar-refractivity contribution in [2.24, 2.45) is 0 Å². The molecule has 0 bridgehead atoms. The van der Waals surface area contributed by atoms with Crippen molar-refractivity contribution in [1.82, 2.24) is 15.0 Å². The van der Waals surface area contributed by atoms with Gasteiger partial charge in [0.05, 0.1) is 13.2 Å². The fraction of sp³-hybridized carbons (Fsp3) is 0.222. The van der Waals surface area contributed by atoms with Gasteiger partial charge in [-0.15, -0.1) is 5.10 Å². The summed E-state index contributed by atoms with van der Waals surface area (Å²) in [6.07, 6.45) is 0. The first-order valence-corrected chi connectivity index (χ1v) is 7.59. The molecule has 5 heteroatoms. The second-order valence-corrected chi connectivity index (χ2v) is 5.22. The van der Waals surface area contributed by atoms with E-state index in [0.717, 1.165) is 28.3 Å². The molecular weight excluding hydrogens is 290 g/mol. The van der Waals surface area contributed by atoms with Crippen LogP contribution in [0.3, 0.4) is 0 Å². The molecule has 0 aliphatic rings. The Bertz CT molecular complexity index is 812. The quantitative estimate of drug-likeness (QED) is 0.786. The van der Waals surface area contributed by atoms with E-state index in [0.29, 0.717) is 12.3 Å². The van der Waals surface area contributed by atoms with Gasteiger partial charge in [0.15, 0.2) is 0 Å². The Labute approximate surface area is 135 Å². The largest absolute Gasteiger partial charge is 0.492 e. The third-order valence-corrected chi connectivity index (χ3v) is 3.57. The maximum absolute atomic E-state index is 9.63. The molecule has 0 fully saturated rings. The Hall–Kier alpha value is -2.66. The summed E-state index contributed by atoms with van der Waals surface area (Å²) in [4.78, 5) is 0. The highest BCUT2D eigenvalue weighted by atomic mass is 16.5. The van der Waals surface area contributed by atoms with Crippen molar-refractivity contribution in [2.75, 3.05) is 6.61 Å². The SMILES string of the molecule is CCOc1ccccc1-n1nnc(CO)c1-c1cccc(C)c1. The van der Waals surface area contributed by atoms with E-state index in [1.165, 1.54) is 0 Å². The number of hydrogen-bond donors (Lipinski definition) is 1. The average Bonchev–Trinajstić information content (AvgIpc) is 2.99. The van der Waals surface area contributed by atoms with Crippen LogP contribution in [0.4, 0.5) is 0 Å². The lowest BCUT2D eigenvalue weighted by Crippen LogP contribution is -2.04. The van der Waals surface area contributed by atoms with Gasteiger partial charge in [-0.2, -0.15) is 0 Å². The molecule has 3 aromatic rings. The summed E-state index contributed by atoms with van der Waals surface area (Å²) in [6.45, 7) is 4.38. The van der Waals surface area contributed by atoms with E-state index in [-0.39, 0.29) is 6.61 Å². The first-order valence-electron chi connectivity index (χ1n) is 7.59. The smallest absolute Gasteiger partial charge is 0.145 e. The highest BCUT2D eigenvalue weighted by Crippen LogP contribution is 2.30. The van der Waals surface area contributed by atoms with Crippen molar-refractivity contribution in [1.29, 1.82) is 0 Å². The molecule has 118 valence electrons. The lowest BCUT2D eigenvalue weighted by molar-refractivity contribution is 0.277. The van der Waals surface area contributed by atoms with E-state index >= 15 is 0 Å². The molecule has 0 aliphatic carbocycles. The number of nitrogens with zero attached hydrogens (tertiary/aromatic N) is 3. The van der Waals surface area contributed by atoms with Crippen molar-refractivity contribution in [3.63, 3.8) is 0 Å². The molecule has 0 radical (unpaired) electrons. The highest BCUT2D eigenvalue weighted by Gasteiger charge is 2.18. The summed E-state index contributed by atoms with van der Waals surface area (Å²) < 4.78 is 7.43. The summed E-state index contributed by atoms with van der Waals surface area (Å²) >= 11 is 0. The minimum atomic E-state index is -0.167. The van der Waals surface area contributed by atoms with Crippen molar-refractivity contribution in [2.45, 2.75) is 20.5 Å². The molecule has 1 N–H and O–H groups in total. The zero-order valence-corrected chi connectivity index (χ0v) is 13.2. The molecule has 0 atom stereocenters. The molecule has 0 spiro atoms. The van der Waals surface area contributed by atoms with E-state index in [9.17, 15) is 5.11 Å². The summed E-state index contributed by atoms with van der Waals surface area (Å²) in [7, 11) is 0. The molecule has 2 aromatic carbocycles. The molecule has 0 amide bonds. The van der Waals surface area contributed by atoms with E-state index < -0.39 is 0 Å². The summed E-state index contributed by atoms with van der Waals surface area (Å²) in [5.74, 6) is 0.735. The molecular formula is C18H19N3O2. The van der Waals surface area contributed by atoms with Crippen LogP contribution in [-0.4, -0.2) is 26.7 Å². The van der Waals surface area contributed by atoms with Crippen LogP contribution >= 0.6 is 0 Å². The van der Waals surface area contributed by atoms with E-state index in [4.69, 9.17) is 4.74 Å². The average molecular weight is 309 g/mol. The van der Waals surface area contributed by atoms with Gasteiger partial charge in [0.25, 0.3) is 0 Å². The molecule has 0 saturated heterocycles. The van der Waals surface area contributed by atoms with Crippen LogP contribution in [-0.2, 0) is 6.61 Å². The summed E-state index contributed by atoms with van der Waals surface area (Å²) in [5.41, 5.74) is 4.23. The van der Waals surface area contributed by atoms with Crippen molar-refractivity contribution in [3.05, 3.63) is 59.8 Å². The van der Waals surface area contributed by atoms with Crippen molar-refractivity contribution in [3.8, 4) is 22.7 Å². The Morgan fingerprint density at radius 3 is 2.70 bits per heavy atom. The van der Waals surface area contributed by atoms with Gasteiger partial charge in [-0.05, 0) is 32.0 Å². The van der Waals surface area contributed by atoms with E-state index in [1.807, 2.05) is 56.3 Å². The number of aliphatic hydroxyl groups is 1. The lowest BCUT2D eigenvalue weighted by Gasteiger charge is -2.12. The van der Waals surface area contributed by atoms with Gasteiger partial charge in [-0.1, -0.05) is 41.1 Å². The Morgan fingerprint density at radius 1 is 1.13 bits per heavy atom. The fourth-order valence-electron chi connectivity index (χ4n) is 2.58. The number of aliphatic hydroxyl groups excluding tert-OH is 1. The normalized spacial score (nSPS) is 10.7. The third kappa shape index (κ3) is 2.96. The van der Waals surface area contributed by atoms with Crippen LogP contribution in [0.5, 0.6) is 5.75 Å². The van der Waals surface area contributed by atoms with Crippen LogP contribution in [0.15, 0.2) is 48.5 Å². The van der Waals surface area contributed by atoms with Gasteiger partial charge in [0.1, 0.15) is 22.8 Å². The maximum atomic E-state index is 9.63. The van der Waals surface area contributed by atoms with Crippen LogP contribution in [0, 0.1) is 6.92 Å². The van der Waals surface area contributed by atoms with Crippen molar-refractivity contribution >= 4 is 0 Å². The van der Waals surface area contributed by atoms with Crippen LogP contribution < -0.4 is 4.74 Å². The minimum Gasteiger partial charge on any atom is -0.492 e. The number of hydrogen-bond acceptors (Lipinski definition) is 4. The molecule has 5 nitrogen and oxygen atoms in total. The molecule has 1 aromatic heterocycles. The summed E-state index contributed by atoms with van der Waals surface area (Å²) in [5, 5.41) is 18.0. The Morgan fingerprint density at radius 2 is 1.96 bits per heavy atom. The molecule has 3 rings (SSSR count). The zero-order valence-electron chi connectivity index (χ0n) is 13.2. The van der Waals surface area contributed by atoms with Gasteiger partial charge in [-0.3, -0.25) is 0 Å². The number of rotatable bonds is 5. The minimum absolute atomic E-state index is 0.167. The number of para-hydroxylation sites is 2. The first kappa shape index (κ1) is 15.2. The Kier molecular flexibility index (Phi) is 4.39. The van der Waals surface area contributed by atoms with E-state index in [2.05, 4.69) is 16.4 Å². The standard InChI is InChI=1S/C18H19N3O2/c1-3-23-17-10-5-4-9-16(17)21-18(15(12-22)19-20-21)14-8-6-7-13(2)11-14/h4-11,22H,3,12H2,1-2H3.